The van der Waals surface area contributed by atoms with Gasteiger partial charge in [-0.1, -0.05) is 104 Å². The van der Waals surface area contributed by atoms with Crippen LogP contribution < -0.4 is 14.4 Å². The largest absolute Gasteiger partial charge is 0.423 e. The maximum absolute atomic E-state index is 11.9. The number of esters is 2. The zero-order valence-electron chi connectivity index (χ0n) is 27.4. The van der Waals surface area contributed by atoms with Crippen LogP contribution in [0.2, 0.25) is 0 Å². The first kappa shape index (κ1) is 32.5. The molecule has 0 fully saturated rings. The van der Waals surface area contributed by atoms with Gasteiger partial charge in [0, 0.05) is 28.2 Å². The summed E-state index contributed by atoms with van der Waals surface area (Å²) < 4.78 is 10.7. The molecule has 0 spiro atoms. The van der Waals surface area contributed by atoms with E-state index in [1.54, 1.807) is 38.1 Å². The van der Waals surface area contributed by atoms with Gasteiger partial charge in [-0.05, 0) is 108 Å². The minimum absolute atomic E-state index is 0.353. The predicted octanol–water partition coefficient (Wildman–Crippen LogP) is 11.1. The van der Waals surface area contributed by atoms with Crippen LogP contribution in [0.4, 0.5) is 17.1 Å². The van der Waals surface area contributed by atoms with E-state index < -0.39 is 11.9 Å². The summed E-state index contributed by atoms with van der Waals surface area (Å²) in [7, 11) is 0. The van der Waals surface area contributed by atoms with Gasteiger partial charge in [-0.25, -0.2) is 9.59 Å². The molecule has 0 unspecified atom stereocenters. The van der Waals surface area contributed by atoms with E-state index in [0.717, 1.165) is 50.4 Å². The molecule has 6 aromatic carbocycles. The Hall–Kier alpha value is -6.46. The van der Waals surface area contributed by atoms with Crippen LogP contribution in [0.3, 0.4) is 0 Å². The Morgan fingerprint density at radius 3 is 0.959 bits per heavy atom. The molecule has 6 rings (SSSR count). The molecule has 0 aromatic heterocycles. The Morgan fingerprint density at radius 2 is 0.673 bits per heavy atom. The van der Waals surface area contributed by atoms with Crippen molar-refractivity contribution in [2.45, 2.75) is 13.8 Å². The molecule has 6 aromatic rings. The van der Waals surface area contributed by atoms with E-state index in [1.165, 1.54) is 0 Å². The summed E-state index contributed by atoms with van der Waals surface area (Å²) in [6, 6.07) is 50.6. The number of ether oxygens (including phenoxy) is 2. The van der Waals surface area contributed by atoms with Crippen molar-refractivity contribution >= 4 is 29.0 Å². The van der Waals surface area contributed by atoms with Gasteiger partial charge < -0.3 is 14.4 Å². The van der Waals surface area contributed by atoms with Crippen molar-refractivity contribution in [1.29, 1.82) is 0 Å². The Morgan fingerprint density at radius 1 is 0.408 bits per heavy atom. The van der Waals surface area contributed by atoms with E-state index in [1.807, 2.05) is 42.5 Å². The number of carbonyl (C=O) groups is 2. The SMILES string of the molecule is C=C(C)C(=O)Oc1ccc(-c2ccc(N(c3ccc(-c4ccccc4)cc3)c3ccc(-c4ccc(OC(=O)C(=C)C)cc4)cc3)cc2)cc1. The van der Waals surface area contributed by atoms with Crippen molar-refractivity contribution in [3.8, 4) is 44.9 Å². The number of rotatable bonds is 10. The quantitative estimate of drug-likeness (QED) is 0.0846. The average Bonchev–Trinajstić information content (AvgIpc) is 3.13. The molecule has 49 heavy (non-hydrogen) atoms. The predicted molar refractivity (Wildman–Crippen MR) is 198 cm³/mol. The zero-order valence-corrected chi connectivity index (χ0v) is 27.4. The van der Waals surface area contributed by atoms with Crippen LogP contribution in [0.1, 0.15) is 13.8 Å². The second-order valence-corrected chi connectivity index (χ2v) is 11.7. The van der Waals surface area contributed by atoms with E-state index in [9.17, 15) is 9.59 Å². The van der Waals surface area contributed by atoms with Crippen LogP contribution >= 0.6 is 0 Å². The fraction of sp³-hybridized carbons (Fsp3) is 0.0455. The van der Waals surface area contributed by atoms with Crippen molar-refractivity contribution in [2.24, 2.45) is 0 Å². The molecular formula is C44H35NO4. The molecule has 0 heterocycles. The average molecular weight is 642 g/mol. The molecule has 0 saturated heterocycles. The lowest BCUT2D eigenvalue weighted by Crippen LogP contribution is -2.09. The molecule has 0 aliphatic rings. The lowest BCUT2D eigenvalue weighted by Gasteiger charge is -2.26. The van der Waals surface area contributed by atoms with Crippen molar-refractivity contribution in [1.82, 2.24) is 0 Å². The molecule has 240 valence electrons. The Kier molecular flexibility index (Phi) is 9.63. The van der Waals surface area contributed by atoms with Crippen LogP contribution in [-0.4, -0.2) is 11.9 Å². The monoisotopic (exact) mass is 641 g/mol. The van der Waals surface area contributed by atoms with Gasteiger partial charge in [0.1, 0.15) is 11.5 Å². The highest BCUT2D eigenvalue weighted by molar-refractivity contribution is 5.89. The number of nitrogens with zero attached hydrogens (tertiary/aromatic N) is 1. The third-order valence-corrected chi connectivity index (χ3v) is 7.98. The maximum Gasteiger partial charge on any atom is 0.338 e. The highest BCUT2D eigenvalue weighted by Gasteiger charge is 2.14. The van der Waals surface area contributed by atoms with Gasteiger partial charge in [-0.2, -0.15) is 0 Å². The second kappa shape index (κ2) is 14.5. The molecule has 0 aliphatic carbocycles. The number of carbonyl (C=O) groups excluding carboxylic acids is 2. The molecule has 5 heteroatoms. The summed E-state index contributed by atoms with van der Waals surface area (Å²) in [5.41, 5.74) is 10.1. The van der Waals surface area contributed by atoms with Crippen molar-refractivity contribution in [3.63, 3.8) is 0 Å². The van der Waals surface area contributed by atoms with Crippen LogP contribution in [0, 0.1) is 0 Å². The number of hydrogen-bond acceptors (Lipinski definition) is 5. The number of hydrogen-bond donors (Lipinski definition) is 0. The third-order valence-electron chi connectivity index (χ3n) is 7.98. The topological polar surface area (TPSA) is 55.8 Å². The standard InChI is InChI=1S/C44H35NO4/c1-30(2)43(46)48-41-26-16-36(17-27-41)34-12-22-39(23-13-34)45(38-20-10-33(11-21-38)32-8-6-5-7-9-32)40-24-14-35(15-25-40)37-18-28-42(29-19-37)49-44(47)31(3)4/h5-29H,1,3H2,2,4H3. The van der Waals surface area contributed by atoms with E-state index in [0.29, 0.717) is 22.6 Å². The van der Waals surface area contributed by atoms with E-state index in [4.69, 9.17) is 9.47 Å². The van der Waals surface area contributed by atoms with Gasteiger partial charge >= 0.3 is 11.9 Å². The third kappa shape index (κ3) is 7.75. The first-order chi connectivity index (χ1) is 23.7. The Balaban J connectivity index is 1.29. The zero-order chi connectivity index (χ0) is 34.3. The lowest BCUT2D eigenvalue weighted by molar-refractivity contribution is -0.130. The molecule has 0 radical (unpaired) electrons. The molecule has 0 amide bonds. The minimum Gasteiger partial charge on any atom is -0.423 e. The fourth-order valence-electron chi connectivity index (χ4n) is 5.31. The molecule has 0 aliphatic heterocycles. The highest BCUT2D eigenvalue weighted by atomic mass is 16.5. The van der Waals surface area contributed by atoms with Crippen molar-refractivity contribution in [2.75, 3.05) is 4.90 Å². The van der Waals surface area contributed by atoms with Crippen molar-refractivity contribution in [3.05, 3.63) is 176 Å². The summed E-state index contributed by atoms with van der Waals surface area (Å²) in [6.45, 7) is 10.5. The first-order valence-electron chi connectivity index (χ1n) is 15.9. The van der Waals surface area contributed by atoms with Crippen LogP contribution in [0.5, 0.6) is 11.5 Å². The van der Waals surface area contributed by atoms with Gasteiger partial charge in [0.15, 0.2) is 0 Å². The summed E-state index contributed by atoms with van der Waals surface area (Å²) in [6.07, 6.45) is 0. The summed E-state index contributed by atoms with van der Waals surface area (Å²) in [5.74, 6) is 0.0660. The maximum atomic E-state index is 11.9. The van der Waals surface area contributed by atoms with E-state index in [-0.39, 0.29) is 0 Å². The number of anilines is 3. The van der Waals surface area contributed by atoms with Gasteiger partial charge in [0.05, 0.1) is 0 Å². The molecule has 0 N–H and O–H groups in total. The second-order valence-electron chi connectivity index (χ2n) is 11.7. The smallest absolute Gasteiger partial charge is 0.338 e. The van der Waals surface area contributed by atoms with Crippen LogP contribution in [0.15, 0.2) is 176 Å². The fourth-order valence-corrected chi connectivity index (χ4v) is 5.31. The summed E-state index contributed by atoms with van der Waals surface area (Å²) >= 11 is 0. The van der Waals surface area contributed by atoms with E-state index >= 15 is 0 Å². The Bertz CT molecular complexity index is 1980. The summed E-state index contributed by atoms with van der Waals surface area (Å²) in [4.78, 5) is 26.0. The van der Waals surface area contributed by atoms with Gasteiger partial charge in [-0.3, -0.25) is 0 Å². The van der Waals surface area contributed by atoms with Crippen molar-refractivity contribution < 1.29 is 19.1 Å². The summed E-state index contributed by atoms with van der Waals surface area (Å²) in [5, 5.41) is 0. The van der Waals surface area contributed by atoms with Gasteiger partial charge in [-0.15, -0.1) is 0 Å². The van der Waals surface area contributed by atoms with Gasteiger partial charge in [0.25, 0.3) is 0 Å². The molecule has 0 bridgehead atoms. The normalized spacial score (nSPS) is 10.6. The highest BCUT2D eigenvalue weighted by Crippen LogP contribution is 2.38. The van der Waals surface area contributed by atoms with Crippen LogP contribution in [-0.2, 0) is 9.59 Å². The molecular weight excluding hydrogens is 606 g/mol. The van der Waals surface area contributed by atoms with Crippen LogP contribution in [0.25, 0.3) is 33.4 Å². The molecule has 5 nitrogen and oxygen atoms in total. The molecule has 0 atom stereocenters. The minimum atomic E-state index is -0.443. The molecule has 0 saturated carbocycles. The first-order valence-corrected chi connectivity index (χ1v) is 15.9. The lowest BCUT2D eigenvalue weighted by atomic mass is 10.0. The van der Waals surface area contributed by atoms with E-state index in [2.05, 4.69) is 103 Å². The van der Waals surface area contributed by atoms with Gasteiger partial charge in [0.2, 0.25) is 0 Å². The number of benzene rings is 6. The Labute approximate surface area is 287 Å².